The first-order chi connectivity index (χ1) is 7.13. The molecule has 4 nitrogen and oxygen atoms in total. The fourth-order valence-electron chi connectivity index (χ4n) is 1.77. The van der Waals surface area contributed by atoms with Gasteiger partial charge in [-0.1, -0.05) is 6.08 Å². The Balaban J connectivity index is 2.31. The van der Waals surface area contributed by atoms with Crippen molar-refractivity contribution in [3.63, 3.8) is 0 Å². The summed E-state index contributed by atoms with van der Waals surface area (Å²) in [6.07, 6.45) is 5.41. The number of carbonyl (C=O) groups excluding carboxylic acids is 1. The standard InChI is InChI=1S/C11H16O4/c1-2-3-10(12)15-9-6-4-8(5-7-9)11(13)14/h2-3,8-9H,4-7H2,1H3,(H,13,14)/b3-2+. The summed E-state index contributed by atoms with van der Waals surface area (Å²) in [7, 11) is 0. The van der Waals surface area contributed by atoms with Gasteiger partial charge in [-0.25, -0.2) is 4.79 Å². The molecule has 1 fully saturated rings. The van der Waals surface area contributed by atoms with Gasteiger partial charge in [0.1, 0.15) is 6.10 Å². The SMILES string of the molecule is C/C=C/C(=O)OC1CCC(C(=O)O)CC1. The van der Waals surface area contributed by atoms with Gasteiger partial charge >= 0.3 is 11.9 Å². The maximum atomic E-state index is 11.1. The molecule has 84 valence electrons. The van der Waals surface area contributed by atoms with E-state index in [4.69, 9.17) is 9.84 Å². The average molecular weight is 212 g/mol. The molecule has 0 aromatic rings. The van der Waals surface area contributed by atoms with Crippen LogP contribution in [-0.2, 0) is 14.3 Å². The monoisotopic (exact) mass is 212 g/mol. The van der Waals surface area contributed by atoms with Crippen LogP contribution in [0.25, 0.3) is 0 Å². The molecular formula is C11H16O4. The van der Waals surface area contributed by atoms with E-state index >= 15 is 0 Å². The lowest BCUT2D eigenvalue weighted by molar-refractivity contribution is -0.148. The average Bonchev–Trinajstić information content (AvgIpc) is 2.18. The van der Waals surface area contributed by atoms with E-state index in [1.807, 2.05) is 0 Å². The molecule has 0 radical (unpaired) electrons. The van der Waals surface area contributed by atoms with E-state index < -0.39 is 5.97 Å². The van der Waals surface area contributed by atoms with Crippen molar-refractivity contribution >= 4 is 11.9 Å². The van der Waals surface area contributed by atoms with Crippen LogP contribution >= 0.6 is 0 Å². The molecule has 0 aliphatic heterocycles. The van der Waals surface area contributed by atoms with Gasteiger partial charge in [0.05, 0.1) is 5.92 Å². The molecule has 0 saturated heterocycles. The third-order valence-corrected chi connectivity index (χ3v) is 2.61. The lowest BCUT2D eigenvalue weighted by Crippen LogP contribution is -2.27. The minimum absolute atomic E-state index is 0.107. The summed E-state index contributed by atoms with van der Waals surface area (Å²) in [4.78, 5) is 21.8. The van der Waals surface area contributed by atoms with Gasteiger partial charge < -0.3 is 9.84 Å². The van der Waals surface area contributed by atoms with Crippen LogP contribution in [0.15, 0.2) is 12.2 Å². The lowest BCUT2D eigenvalue weighted by atomic mass is 9.87. The Morgan fingerprint density at radius 1 is 1.27 bits per heavy atom. The van der Waals surface area contributed by atoms with Crippen LogP contribution in [0.2, 0.25) is 0 Å². The Hall–Kier alpha value is -1.32. The van der Waals surface area contributed by atoms with Gasteiger partial charge in [0.15, 0.2) is 0 Å². The number of hydrogen-bond donors (Lipinski definition) is 1. The van der Waals surface area contributed by atoms with E-state index in [-0.39, 0.29) is 18.0 Å². The molecule has 1 rings (SSSR count). The Labute approximate surface area is 88.9 Å². The van der Waals surface area contributed by atoms with Crippen LogP contribution in [0, 0.1) is 5.92 Å². The number of carbonyl (C=O) groups is 2. The fraction of sp³-hybridized carbons (Fsp3) is 0.636. The highest BCUT2D eigenvalue weighted by molar-refractivity contribution is 5.81. The highest BCUT2D eigenvalue weighted by Crippen LogP contribution is 2.26. The Kier molecular flexibility index (Phi) is 4.34. The predicted molar refractivity (Wildman–Crippen MR) is 54.3 cm³/mol. The highest BCUT2D eigenvalue weighted by Gasteiger charge is 2.27. The first kappa shape index (κ1) is 11.8. The second kappa shape index (κ2) is 5.53. The minimum Gasteiger partial charge on any atom is -0.481 e. The molecule has 1 aliphatic carbocycles. The summed E-state index contributed by atoms with van der Waals surface area (Å²) < 4.78 is 5.14. The maximum Gasteiger partial charge on any atom is 0.330 e. The molecule has 0 bridgehead atoms. The molecule has 0 aromatic carbocycles. The molecule has 0 spiro atoms. The smallest absolute Gasteiger partial charge is 0.330 e. The summed E-state index contributed by atoms with van der Waals surface area (Å²) in [6, 6.07) is 0. The summed E-state index contributed by atoms with van der Waals surface area (Å²) in [5.41, 5.74) is 0. The van der Waals surface area contributed by atoms with E-state index in [2.05, 4.69) is 0 Å². The van der Waals surface area contributed by atoms with Gasteiger partial charge in [-0.15, -0.1) is 0 Å². The van der Waals surface area contributed by atoms with Crippen LogP contribution in [0.5, 0.6) is 0 Å². The minimum atomic E-state index is -0.742. The number of allylic oxidation sites excluding steroid dienone is 1. The zero-order valence-electron chi connectivity index (χ0n) is 8.81. The van der Waals surface area contributed by atoms with Gasteiger partial charge in [0.2, 0.25) is 0 Å². The van der Waals surface area contributed by atoms with Crippen molar-refractivity contribution in [2.45, 2.75) is 38.7 Å². The first-order valence-electron chi connectivity index (χ1n) is 5.19. The quantitative estimate of drug-likeness (QED) is 0.571. The third kappa shape index (κ3) is 3.73. The van der Waals surface area contributed by atoms with Crippen LogP contribution < -0.4 is 0 Å². The van der Waals surface area contributed by atoms with E-state index in [0.717, 1.165) is 0 Å². The van der Waals surface area contributed by atoms with Crippen molar-refractivity contribution in [1.29, 1.82) is 0 Å². The summed E-state index contributed by atoms with van der Waals surface area (Å²) in [6.45, 7) is 1.75. The number of ether oxygens (including phenoxy) is 1. The topological polar surface area (TPSA) is 63.6 Å². The van der Waals surface area contributed by atoms with Gasteiger partial charge in [-0.05, 0) is 32.6 Å². The van der Waals surface area contributed by atoms with Crippen molar-refractivity contribution in [1.82, 2.24) is 0 Å². The van der Waals surface area contributed by atoms with Gasteiger partial charge in [-0.3, -0.25) is 4.79 Å². The van der Waals surface area contributed by atoms with Crippen molar-refractivity contribution in [2.24, 2.45) is 5.92 Å². The van der Waals surface area contributed by atoms with Gasteiger partial charge in [-0.2, -0.15) is 0 Å². The molecule has 4 heteroatoms. The summed E-state index contributed by atoms with van der Waals surface area (Å²) in [5.74, 6) is -1.34. The Morgan fingerprint density at radius 3 is 2.33 bits per heavy atom. The molecule has 1 aliphatic rings. The van der Waals surface area contributed by atoms with Gasteiger partial charge in [0.25, 0.3) is 0 Å². The number of rotatable bonds is 3. The summed E-state index contributed by atoms with van der Waals surface area (Å²) in [5, 5.41) is 8.77. The molecule has 0 atom stereocenters. The highest BCUT2D eigenvalue weighted by atomic mass is 16.5. The maximum absolute atomic E-state index is 11.1. The second-order valence-electron chi connectivity index (χ2n) is 3.75. The zero-order chi connectivity index (χ0) is 11.3. The molecule has 0 amide bonds. The molecule has 0 heterocycles. The van der Waals surface area contributed by atoms with Crippen molar-refractivity contribution in [2.75, 3.05) is 0 Å². The summed E-state index contributed by atoms with van der Waals surface area (Å²) >= 11 is 0. The third-order valence-electron chi connectivity index (χ3n) is 2.61. The molecule has 0 unspecified atom stereocenters. The molecular weight excluding hydrogens is 196 g/mol. The Bertz CT molecular complexity index is 262. The fourth-order valence-corrected chi connectivity index (χ4v) is 1.77. The molecule has 15 heavy (non-hydrogen) atoms. The first-order valence-corrected chi connectivity index (χ1v) is 5.19. The lowest BCUT2D eigenvalue weighted by Gasteiger charge is -2.25. The molecule has 1 saturated carbocycles. The van der Waals surface area contributed by atoms with Crippen molar-refractivity contribution in [3.05, 3.63) is 12.2 Å². The zero-order valence-corrected chi connectivity index (χ0v) is 8.81. The Morgan fingerprint density at radius 2 is 1.87 bits per heavy atom. The van der Waals surface area contributed by atoms with E-state index in [1.54, 1.807) is 13.0 Å². The second-order valence-corrected chi connectivity index (χ2v) is 3.75. The van der Waals surface area contributed by atoms with Crippen LogP contribution in [0.1, 0.15) is 32.6 Å². The number of aliphatic carboxylic acids is 1. The van der Waals surface area contributed by atoms with Crippen LogP contribution in [-0.4, -0.2) is 23.1 Å². The van der Waals surface area contributed by atoms with E-state index in [9.17, 15) is 9.59 Å². The van der Waals surface area contributed by atoms with E-state index in [0.29, 0.717) is 25.7 Å². The van der Waals surface area contributed by atoms with Crippen molar-refractivity contribution in [3.8, 4) is 0 Å². The van der Waals surface area contributed by atoms with E-state index in [1.165, 1.54) is 6.08 Å². The molecule has 1 N–H and O–H groups in total. The number of esters is 1. The number of hydrogen-bond acceptors (Lipinski definition) is 3. The predicted octanol–water partition coefficient (Wildman–Crippen LogP) is 1.75. The largest absolute Gasteiger partial charge is 0.481 e. The van der Waals surface area contributed by atoms with Crippen LogP contribution in [0.4, 0.5) is 0 Å². The number of carboxylic acid groups (broad SMARTS) is 1. The van der Waals surface area contributed by atoms with Gasteiger partial charge in [0, 0.05) is 6.08 Å². The number of carboxylic acids is 1. The van der Waals surface area contributed by atoms with Crippen LogP contribution in [0.3, 0.4) is 0 Å². The van der Waals surface area contributed by atoms with Crippen molar-refractivity contribution < 1.29 is 19.4 Å². The normalized spacial score (nSPS) is 26.5. The molecule has 0 aromatic heterocycles.